The van der Waals surface area contributed by atoms with Crippen LogP contribution in [0.3, 0.4) is 0 Å². The number of aliphatic hydroxyl groups is 1. The molecule has 0 aliphatic carbocycles. The van der Waals surface area contributed by atoms with Crippen molar-refractivity contribution in [2.24, 2.45) is 0 Å². The number of aromatic amines is 1. The number of aromatic nitrogens is 2. The van der Waals surface area contributed by atoms with Gasteiger partial charge in [-0.25, -0.2) is 22.9 Å². The van der Waals surface area contributed by atoms with Crippen molar-refractivity contribution in [2.45, 2.75) is 51.0 Å². The molecule has 6 N–H and O–H groups in total. The Balaban J connectivity index is 2.37. The van der Waals surface area contributed by atoms with Gasteiger partial charge in [0.2, 0.25) is 5.67 Å². The highest BCUT2D eigenvalue weighted by Gasteiger charge is 2.60. The summed E-state index contributed by atoms with van der Waals surface area (Å²) in [6, 6.07) is 0.930. The van der Waals surface area contributed by atoms with Crippen LogP contribution in [0.1, 0.15) is 25.8 Å². The first-order chi connectivity index (χ1) is 15.3. The summed E-state index contributed by atoms with van der Waals surface area (Å²) in [7, 11) is -17.1. The highest BCUT2D eigenvalue weighted by molar-refractivity contribution is 7.66. The molecule has 1 aliphatic rings. The maximum absolute atomic E-state index is 15.8. The van der Waals surface area contributed by atoms with Crippen LogP contribution in [-0.2, 0) is 31.6 Å². The van der Waals surface area contributed by atoms with Crippen molar-refractivity contribution < 1.29 is 60.6 Å². The lowest BCUT2D eigenvalue weighted by Gasteiger charge is -2.25. The Morgan fingerprint density at radius 3 is 2.29 bits per heavy atom. The lowest BCUT2D eigenvalue weighted by molar-refractivity contribution is -0.0787. The van der Waals surface area contributed by atoms with Gasteiger partial charge in [0.15, 0.2) is 6.23 Å². The molecule has 2 heterocycles. The van der Waals surface area contributed by atoms with Gasteiger partial charge in [-0.2, -0.15) is 8.62 Å². The third kappa shape index (κ3) is 6.58. The summed E-state index contributed by atoms with van der Waals surface area (Å²) < 4.78 is 67.8. The fourth-order valence-corrected chi connectivity index (χ4v) is 6.33. The summed E-state index contributed by atoms with van der Waals surface area (Å²) in [6.45, 7) is 3.41. The number of alkyl halides is 1. The number of nitrogens with one attached hydrogen (secondary N) is 1. The summed E-state index contributed by atoms with van der Waals surface area (Å²) in [5.74, 6) is 4.26. The Hall–Kier alpha value is -1.50. The second-order valence-corrected chi connectivity index (χ2v) is 11.3. The summed E-state index contributed by atoms with van der Waals surface area (Å²) in [6.07, 6.45) is -7.92. The third-order valence-electron chi connectivity index (χ3n) is 4.29. The standard InChI is InChI=1S/C14H20FN2O14P3/c1-4-5-14(15)11(19)10(28-12(14)17-7(2)6-9(18)16-13(17)20)8(3)29-33(24,25)31-34(26,27)30-32(21,22)23/h6,8,10-12,19H,1-3H3,(H,24,25)(H,26,27)(H,16,18,20)(H2,21,22,23)/t8-,10+,11-,12+,14?/m0/s1. The average molecular weight is 552 g/mol. The van der Waals surface area contributed by atoms with Crippen LogP contribution in [0.2, 0.25) is 0 Å². The predicted octanol–water partition coefficient (Wildman–Crippen LogP) is -0.433. The fraction of sp³-hybridized carbons (Fsp3) is 0.571. The van der Waals surface area contributed by atoms with Gasteiger partial charge in [0.1, 0.15) is 12.2 Å². The van der Waals surface area contributed by atoms with Crippen LogP contribution in [0.5, 0.6) is 0 Å². The van der Waals surface area contributed by atoms with Crippen molar-refractivity contribution in [3.8, 4) is 11.8 Å². The molecular weight excluding hydrogens is 532 g/mol. The summed E-state index contributed by atoms with van der Waals surface area (Å²) in [4.78, 5) is 61.7. The number of phosphoric ester groups is 1. The number of ether oxygens (including phenoxy) is 1. The lowest BCUT2D eigenvalue weighted by Crippen LogP contribution is -2.46. The summed E-state index contributed by atoms with van der Waals surface area (Å²) >= 11 is 0. The van der Waals surface area contributed by atoms with Gasteiger partial charge >= 0.3 is 29.2 Å². The van der Waals surface area contributed by atoms with Gasteiger partial charge in [-0.05, 0) is 20.8 Å². The highest BCUT2D eigenvalue weighted by Crippen LogP contribution is 2.66. The number of hydrogen-bond donors (Lipinski definition) is 6. The molecule has 1 aliphatic heterocycles. The smallest absolute Gasteiger partial charge is 0.386 e. The zero-order valence-corrected chi connectivity index (χ0v) is 20.1. The second-order valence-electron chi connectivity index (χ2n) is 6.89. The van der Waals surface area contributed by atoms with E-state index in [2.05, 4.69) is 19.1 Å². The molecular formula is C14H20FN2O14P3. The number of aliphatic hydroxyl groups excluding tert-OH is 1. The molecule has 16 nitrogen and oxygen atoms in total. The fourth-order valence-electron chi connectivity index (χ4n) is 3.13. The molecule has 0 amide bonds. The molecule has 0 aromatic carbocycles. The van der Waals surface area contributed by atoms with Crippen molar-refractivity contribution >= 4 is 23.5 Å². The van der Waals surface area contributed by atoms with E-state index in [9.17, 15) is 38.2 Å². The van der Waals surface area contributed by atoms with Crippen molar-refractivity contribution in [3.05, 3.63) is 32.6 Å². The third-order valence-corrected chi connectivity index (χ3v) is 8.21. The van der Waals surface area contributed by atoms with Crippen LogP contribution in [0.25, 0.3) is 0 Å². The zero-order valence-electron chi connectivity index (χ0n) is 17.5. The molecule has 1 aromatic heterocycles. The molecule has 0 radical (unpaired) electrons. The molecule has 1 saturated heterocycles. The van der Waals surface area contributed by atoms with Gasteiger partial charge in [-0.3, -0.25) is 18.9 Å². The van der Waals surface area contributed by atoms with Gasteiger partial charge in [-0.15, -0.1) is 5.92 Å². The van der Waals surface area contributed by atoms with E-state index in [-0.39, 0.29) is 5.69 Å². The van der Waals surface area contributed by atoms with Crippen LogP contribution in [0, 0.1) is 18.8 Å². The van der Waals surface area contributed by atoms with Gasteiger partial charge in [-0.1, -0.05) is 5.92 Å². The molecule has 7 atom stereocenters. The van der Waals surface area contributed by atoms with E-state index in [4.69, 9.17) is 14.5 Å². The van der Waals surface area contributed by atoms with E-state index in [0.717, 1.165) is 13.0 Å². The molecule has 0 saturated carbocycles. The molecule has 3 unspecified atom stereocenters. The number of aryl methyl sites for hydroxylation is 1. The predicted molar refractivity (Wildman–Crippen MR) is 108 cm³/mol. The Bertz CT molecular complexity index is 1260. The largest absolute Gasteiger partial charge is 0.490 e. The normalized spacial score (nSPS) is 29.5. The van der Waals surface area contributed by atoms with Gasteiger partial charge < -0.3 is 29.4 Å². The van der Waals surface area contributed by atoms with Crippen molar-refractivity contribution in [2.75, 3.05) is 0 Å². The molecule has 34 heavy (non-hydrogen) atoms. The van der Waals surface area contributed by atoms with Crippen LogP contribution in [-0.4, -0.2) is 58.2 Å². The number of nitrogens with zero attached hydrogens (tertiary/aromatic N) is 1. The van der Waals surface area contributed by atoms with Gasteiger partial charge in [0, 0.05) is 11.8 Å². The Labute approximate surface area is 189 Å². The topological polar surface area (TPSA) is 244 Å². The minimum absolute atomic E-state index is 0.0907. The molecule has 0 spiro atoms. The average Bonchev–Trinajstić information content (AvgIpc) is 2.83. The number of H-pyrrole nitrogens is 1. The number of halogens is 1. The molecule has 20 heteroatoms. The Morgan fingerprint density at radius 1 is 1.21 bits per heavy atom. The van der Waals surface area contributed by atoms with Crippen LogP contribution in [0.4, 0.5) is 4.39 Å². The Kier molecular flexibility index (Phi) is 8.34. The molecule has 0 bridgehead atoms. The van der Waals surface area contributed by atoms with E-state index in [1.54, 1.807) is 0 Å². The minimum Gasteiger partial charge on any atom is -0.386 e. The first kappa shape index (κ1) is 28.7. The second kappa shape index (κ2) is 9.87. The minimum atomic E-state index is -5.83. The monoisotopic (exact) mass is 552 g/mol. The molecule has 192 valence electrons. The number of rotatable bonds is 8. The van der Waals surface area contributed by atoms with Crippen molar-refractivity contribution in [3.63, 3.8) is 0 Å². The van der Waals surface area contributed by atoms with Crippen molar-refractivity contribution in [1.29, 1.82) is 0 Å². The zero-order chi connectivity index (χ0) is 26.3. The van der Waals surface area contributed by atoms with Crippen molar-refractivity contribution in [1.82, 2.24) is 9.55 Å². The number of phosphoric acid groups is 3. The first-order valence-electron chi connectivity index (χ1n) is 8.93. The maximum atomic E-state index is 15.8. The van der Waals surface area contributed by atoms with E-state index >= 15 is 4.39 Å². The first-order valence-corrected chi connectivity index (χ1v) is 13.4. The molecule has 1 fully saturated rings. The summed E-state index contributed by atoms with van der Waals surface area (Å²) in [5, 5.41) is 10.5. The number of hydrogen-bond acceptors (Lipinski definition) is 10. The van der Waals surface area contributed by atoms with E-state index in [1.807, 2.05) is 10.9 Å². The van der Waals surface area contributed by atoms with Gasteiger partial charge in [0.05, 0.1) is 6.10 Å². The highest BCUT2D eigenvalue weighted by atomic mass is 31.3. The van der Waals surface area contributed by atoms with E-state index < -0.39 is 64.9 Å². The molecule has 1 aromatic rings. The van der Waals surface area contributed by atoms with E-state index in [0.29, 0.717) is 4.57 Å². The van der Waals surface area contributed by atoms with E-state index in [1.165, 1.54) is 13.8 Å². The van der Waals surface area contributed by atoms with Gasteiger partial charge in [0.25, 0.3) is 5.56 Å². The maximum Gasteiger partial charge on any atom is 0.490 e. The van der Waals surface area contributed by atoms with Crippen LogP contribution >= 0.6 is 23.5 Å². The molecule has 2 rings (SSSR count). The SMILES string of the molecule is CC#CC1(F)[C@@H](O)[C@@H]([C@H](C)OP(=O)(O)OP(=O)(O)OP(=O)(O)O)O[C@H]1n1c(C)cc(=O)[nH]c1=O. The quantitative estimate of drug-likeness (QED) is 0.177. The lowest BCUT2D eigenvalue weighted by atomic mass is 9.94. The van der Waals surface area contributed by atoms with Crippen LogP contribution < -0.4 is 11.2 Å². The Morgan fingerprint density at radius 2 is 1.79 bits per heavy atom. The summed E-state index contributed by atoms with van der Waals surface area (Å²) in [5.41, 5.74) is -5.03. The van der Waals surface area contributed by atoms with Crippen LogP contribution in [0.15, 0.2) is 15.7 Å².